The van der Waals surface area contributed by atoms with Crippen LogP contribution in [0.15, 0.2) is 46.7 Å². The van der Waals surface area contributed by atoms with Crippen LogP contribution in [0.5, 0.6) is 0 Å². The van der Waals surface area contributed by atoms with Gasteiger partial charge in [-0.05, 0) is 48.1 Å². The molecule has 0 bridgehead atoms. The van der Waals surface area contributed by atoms with Crippen molar-refractivity contribution in [2.24, 2.45) is 0 Å². The number of rotatable bonds is 4. The summed E-state index contributed by atoms with van der Waals surface area (Å²) in [7, 11) is 0. The van der Waals surface area contributed by atoms with E-state index in [1.54, 1.807) is 16.7 Å². The quantitative estimate of drug-likeness (QED) is 0.483. The maximum Gasteiger partial charge on any atom is 0.270 e. The van der Waals surface area contributed by atoms with Crippen LogP contribution < -0.4 is 5.56 Å². The van der Waals surface area contributed by atoms with Crippen LogP contribution >= 0.6 is 11.3 Å². The molecule has 0 atom stereocenters. The number of nitrogens with zero attached hydrogens (tertiary/aromatic N) is 5. The second kappa shape index (κ2) is 7.56. The van der Waals surface area contributed by atoms with Crippen molar-refractivity contribution in [3.63, 3.8) is 0 Å². The lowest BCUT2D eigenvalue weighted by atomic mass is 10.0. The molecule has 4 aromatic heterocycles. The van der Waals surface area contributed by atoms with Gasteiger partial charge in [0.15, 0.2) is 0 Å². The van der Waals surface area contributed by atoms with E-state index >= 15 is 0 Å². The van der Waals surface area contributed by atoms with Crippen molar-refractivity contribution in [2.45, 2.75) is 38.9 Å². The van der Waals surface area contributed by atoms with Gasteiger partial charge in [-0.2, -0.15) is 0 Å². The molecule has 6 heterocycles. The summed E-state index contributed by atoms with van der Waals surface area (Å²) in [6.07, 6.45) is 3.69. The van der Waals surface area contributed by atoms with Crippen molar-refractivity contribution in [2.75, 3.05) is 19.6 Å². The molecule has 1 fully saturated rings. The first-order chi connectivity index (χ1) is 15.6. The topological polar surface area (TPSA) is 62.9 Å². The van der Waals surface area contributed by atoms with Gasteiger partial charge in [0.05, 0.1) is 5.39 Å². The highest BCUT2D eigenvalue weighted by atomic mass is 32.1. The van der Waals surface area contributed by atoms with Crippen molar-refractivity contribution < 1.29 is 4.79 Å². The molecule has 1 saturated heterocycles. The summed E-state index contributed by atoms with van der Waals surface area (Å²) in [6, 6.07) is 9.88. The monoisotopic (exact) mass is 447 g/mol. The molecule has 2 aliphatic rings. The van der Waals surface area contributed by atoms with E-state index in [0.717, 1.165) is 39.0 Å². The Morgan fingerprint density at radius 2 is 2.12 bits per heavy atom. The van der Waals surface area contributed by atoms with E-state index in [1.807, 2.05) is 39.0 Å². The second-order valence-electron chi connectivity index (χ2n) is 8.72. The molecule has 0 radical (unpaired) electrons. The van der Waals surface area contributed by atoms with Gasteiger partial charge in [0.2, 0.25) is 0 Å². The molecular weight excluding hydrogens is 422 g/mol. The number of fused-ring (bicyclic) bond motifs is 3. The Balaban J connectivity index is 1.28. The lowest BCUT2D eigenvalue weighted by Gasteiger charge is -2.46. The van der Waals surface area contributed by atoms with Crippen molar-refractivity contribution in [3.05, 3.63) is 68.4 Å². The van der Waals surface area contributed by atoms with Gasteiger partial charge in [-0.15, -0.1) is 11.3 Å². The number of aryl methyl sites for hydroxylation is 1. The van der Waals surface area contributed by atoms with Crippen LogP contribution in [-0.4, -0.2) is 55.3 Å². The lowest BCUT2D eigenvalue weighted by Crippen LogP contribution is -2.61. The Labute approximate surface area is 189 Å². The number of amides is 1. The van der Waals surface area contributed by atoms with Crippen LogP contribution in [0.1, 0.15) is 34.3 Å². The Kier molecular flexibility index (Phi) is 4.66. The molecule has 32 heavy (non-hydrogen) atoms. The molecule has 0 unspecified atom stereocenters. The molecule has 0 aromatic carbocycles. The van der Waals surface area contributed by atoms with Gasteiger partial charge in [0, 0.05) is 49.8 Å². The van der Waals surface area contributed by atoms with Gasteiger partial charge in [-0.3, -0.25) is 18.9 Å². The zero-order valence-corrected chi connectivity index (χ0v) is 18.8. The number of hydrogen-bond acceptors (Lipinski definition) is 5. The average molecular weight is 448 g/mol. The standard InChI is InChI=1S/C24H25N5O2S/c1-2-8-28-19(12-18-22(28)25-21-5-3-4-9-29(21)23(18)30)24(31)27-14-17(15-27)26-10-6-20-16(13-26)7-11-32-20/h3-5,7,9,11-12,17H,2,6,8,10,13-15H2,1H3. The van der Waals surface area contributed by atoms with Crippen LogP contribution in [0, 0.1) is 0 Å². The number of carbonyl (C=O) groups is 1. The van der Waals surface area contributed by atoms with E-state index in [0.29, 0.717) is 35.0 Å². The van der Waals surface area contributed by atoms with Crippen LogP contribution in [0.25, 0.3) is 16.7 Å². The molecule has 7 nitrogen and oxygen atoms in total. The van der Waals surface area contributed by atoms with E-state index in [2.05, 4.69) is 23.3 Å². The fraction of sp³-hybridized carbons (Fsp3) is 0.375. The minimum absolute atomic E-state index is 0.00520. The third-order valence-electron chi connectivity index (χ3n) is 6.75. The molecule has 8 heteroatoms. The van der Waals surface area contributed by atoms with Crippen molar-refractivity contribution in [1.29, 1.82) is 0 Å². The first-order valence-corrected chi connectivity index (χ1v) is 12.1. The number of thiophene rings is 1. The van der Waals surface area contributed by atoms with Crippen LogP contribution in [0.3, 0.4) is 0 Å². The number of hydrogen-bond donors (Lipinski definition) is 0. The number of carbonyl (C=O) groups excluding carboxylic acids is 1. The fourth-order valence-electron chi connectivity index (χ4n) is 4.98. The van der Waals surface area contributed by atoms with E-state index in [9.17, 15) is 9.59 Å². The normalized spacial score (nSPS) is 17.1. The first-order valence-electron chi connectivity index (χ1n) is 11.2. The van der Waals surface area contributed by atoms with Crippen LogP contribution in [0.2, 0.25) is 0 Å². The summed E-state index contributed by atoms with van der Waals surface area (Å²) in [6.45, 7) is 6.24. The number of likely N-dealkylation sites (tertiary alicyclic amines) is 1. The molecule has 6 rings (SSSR count). The molecule has 1 amide bonds. The molecule has 4 aromatic rings. The SMILES string of the molecule is CCCn1c(C(=O)N2CC(N3CCc4sccc4C3)C2)cc2c(=O)n3ccccc3nc21. The molecule has 0 spiro atoms. The van der Waals surface area contributed by atoms with Crippen molar-refractivity contribution in [1.82, 2.24) is 23.8 Å². The van der Waals surface area contributed by atoms with Gasteiger partial charge < -0.3 is 9.47 Å². The fourth-order valence-corrected chi connectivity index (χ4v) is 5.86. The molecule has 2 aliphatic heterocycles. The molecule has 0 saturated carbocycles. The molecular formula is C24H25N5O2S. The largest absolute Gasteiger partial charge is 0.334 e. The predicted octanol–water partition coefficient (Wildman–Crippen LogP) is 3.00. The van der Waals surface area contributed by atoms with E-state index < -0.39 is 0 Å². The maximum atomic E-state index is 13.4. The summed E-state index contributed by atoms with van der Waals surface area (Å²) in [4.78, 5) is 37.1. The second-order valence-corrected chi connectivity index (χ2v) is 9.72. The van der Waals surface area contributed by atoms with Crippen LogP contribution in [-0.2, 0) is 19.5 Å². The Morgan fingerprint density at radius 1 is 1.25 bits per heavy atom. The first kappa shape index (κ1) is 19.7. The Bertz CT molecular complexity index is 1390. The summed E-state index contributed by atoms with van der Waals surface area (Å²) in [5, 5.41) is 2.68. The van der Waals surface area contributed by atoms with Gasteiger partial charge in [0.25, 0.3) is 11.5 Å². The zero-order valence-electron chi connectivity index (χ0n) is 18.0. The van der Waals surface area contributed by atoms with Crippen LogP contribution in [0.4, 0.5) is 0 Å². The third-order valence-corrected chi connectivity index (χ3v) is 7.77. The van der Waals surface area contributed by atoms with Crippen molar-refractivity contribution in [3.8, 4) is 0 Å². The van der Waals surface area contributed by atoms with Crippen molar-refractivity contribution >= 4 is 33.9 Å². The number of aromatic nitrogens is 3. The number of pyridine rings is 1. The Morgan fingerprint density at radius 3 is 2.97 bits per heavy atom. The van der Waals surface area contributed by atoms with Gasteiger partial charge in [0.1, 0.15) is 17.0 Å². The zero-order chi connectivity index (χ0) is 21.8. The summed E-state index contributed by atoms with van der Waals surface area (Å²) in [5.74, 6) is -0.00520. The smallest absolute Gasteiger partial charge is 0.270 e. The predicted molar refractivity (Wildman–Crippen MR) is 125 cm³/mol. The van der Waals surface area contributed by atoms with E-state index in [-0.39, 0.29) is 11.5 Å². The third kappa shape index (κ3) is 3.01. The summed E-state index contributed by atoms with van der Waals surface area (Å²) < 4.78 is 3.47. The molecule has 0 N–H and O–H groups in total. The minimum atomic E-state index is -0.129. The highest BCUT2D eigenvalue weighted by Crippen LogP contribution is 2.29. The summed E-state index contributed by atoms with van der Waals surface area (Å²) >= 11 is 1.85. The summed E-state index contributed by atoms with van der Waals surface area (Å²) in [5.41, 5.74) is 3.08. The minimum Gasteiger partial charge on any atom is -0.334 e. The highest BCUT2D eigenvalue weighted by molar-refractivity contribution is 7.10. The average Bonchev–Trinajstić information content (AvgIpc) is 3.38. The maximum absolute atomic E-state index is 13.4. The Hall–Kier alpha value is -2.97. The van der Waals surface area contributed by atoms with Gasteiger partial charge in [-0.25, -0.2) is 4.98 Å². The van der Waals surface area contributed by atoms with Gasteiger partial charge >= 0.3 is 0 Å². The van der Waals surface area contributed by atoms with E-state index in [1.165, 1.54) is 10.4 Å². The highest BCUT2D eigenvalue weighted by Gasteiger charge is 2.37. The molecule has 164 valence electrons. The van der Waals surface area contributed by atoms with Gasteiger partial charge in [-0.1, -0.05) is 13.0 Å². The lowest BCUT2D eigenvalue weighted by molar-refractivity contribution is 0.0213. The van der Waals surface area contributed by atoms with E-state index in [4.69, 9.17) is 4.98 Å². The molecule has 0 aliphatic carbocycles.